The maximum atomic E-state index is 9.66. The van der Waals surface area contributed by atoms with E-state index in [2.05, 4.69) is 10.5 Å². The topological polar surface area (TPSA) is 120 Å². The van der Waals surface area contributed by atoms with Crippen molar-refractivity contribution in [2.75, 3.05) is 20.3 Å². The number of nitrogens with two attached hydrogens (primary N) is 1. The van der Waals surface area contributed by atoms with Crippen molar-refractivity contribution in [2.24, 2.45) is 10.9 Å². The molecule has 0 aliphatic rings. The van der Waals surface area contributed by atoms with Gasteiger partial charge < -0.3 is 31.2 Å². The van der Waals surface area contributed by atoms with Gasteiger partial charge in [-0.05, 0) is 24.6 Å². The van der Waals surface area contributed by atoms with Gasteiger partial charge >= 0.3 is 0 Å². The van der Waals surface area contributed by atoms with E-state index in [0.717, 1.165) is 5.56 Å². The minimum atomic E-state index is -1.17. The van der Waals surface area contributed by atoms with Crippen LogP contribution in [0.15, 0.2) is 23.4 Å². The molecule has 1 unspecified atom stereocenters. The van der Waals surface area contributed by atoms with Crippen LogP contribution in [0, 0.1) is 0 Å². The number of methoxy groups -OCH3 is 1. The summed E-state index contributed by atoms with van der Waals surface area (Å²) >= 11 is 0. The average molecular weight is 283 g/mol. The van der Waals surface area contributed by atoms with Crippen LogP contribution in [-0.2, 0) is 6.54 Å². The van der Waals surface area contributed by atoms with Crippen LogP contribution in [0.5, 0.6) is 5.75 Å². The molecule has 0 saturated carbocycles. The molecule has 0 aliphatic heterocycles. The SMILES string of the molecule is COc1ccc(CNCC(C)(O)CO)cc1C(N)=NO. The van der Waals surface area contributed by atoms with Gasteiger partial charge in [0.25, 0.3) is 0 Å². The van der Waals surface area contributed by atoms with Crippen molar-refractivity contribution in [1.82, 2.24) is 5.32 Å². The number of oxime groups is 1. The predicted molar refractivity (Wildman–Crippen MR) is 74.9 cm³/mol. The lowest BCUT2D eigenvalue weighted by atomic mass is 10.1. The Morgan fingerprint density at radius 1 is 1.50 bits per heavy atom. The van der Waals surface area contributed by atoms with Crippen molar-refractivity contribution < 1.29 is 20.2 Å². The number of aliphatic hydroxyl groups excluding tert-OH is 1. The van der Waals surface area contributed by atoms with Gasteiger partial charge in [-0.25, -0.2) is 0 Å². The van der Waals surface area contributed by atoms with Crippen LogP contribution in [0.25, 0.3) is 0 Å². The summed E-state index contributed by atoms with van der Waals surface area (Å²) in [7, 11) is 1.50. The van der Waals surface area contributed by atoms with Gasteiger partial charge in [-0.15, -0.1) is 0 Å². The van der Waals surface area contributed by atoms with Crippen molar-refractivity contribution in [3.63, 3.8) is 0 Å². The Hall–Kier alpha value is -1.83. The number of benzene rings is 1. The number of ether oxygens (including phenoxy) is 1. The van der Waals surface area contributed by atoms with E-state index in [1.54, 1.807) is 12.1 Å². The first kappa shape index (κ1) is 16.2. The molecule has 0 fully saturated rings. The minimum absolute atomic E-state index is 0.0361. The van der Waals surface area contributed by atoms with Crippen molar-refractivity contribution in [3.8, 4) is 5.75 Å². The van der Waals surface area contributed by atoms with Gasteiger partial charge in [0.1, 0.15) is 5.75 Å². The largest absolute Gasteiger partial charge is 0.496 e. The molecular weight excluding hydrogens is 262 g/mol. The molecule has 0 saturated heterocycles. The zero-order chi connectivity index (χ0) is 15.2. The highest BCUT2D eigenvalue weighted by molar-refractivity contribution is 5.99. The number of nitrogens with zero attached hydrogens (tertiary/aromatic N) is 1. The zero-order valence-corrected chi connectivity index (χ0v) is 11.6. The maximum absolute atomic E-state index is 9.66. The number of amidine groups is 1. The number of nitrogens with one attached hydrogen (secondary N) is 1. The van der Waals surface area contributed by atoms with Gasteiger partial charge in [0, 0.05) is 13.1 Å². The van der Waals surface area contributed by atoms with Gasteiger partial charge in [0.15, 0.2) is 5.84 Å². The molecule has 6 N–H and O–H groups in total. The molecule has 7 nitrogen and oxygen atoms in total. The zero-order valence-electron chi connectivity index (χ0n) is 11.6. The van der Waals surface area contributed by atoms with Gasteiger partial charge in [0.05, 0.1) is 24.9 Å². The van der Waals surface area contributed by atoms with Gasteiger partial charge in [-0.2, -0.15) is 0 Å². The molecule has 1 rings (SSSR count). The summed E-state index contributed by atoms with van der Waals surface area (Å²) in [4.78, 5) is 0. The van der Waals surface area contributed by atoms with Crippen molar-refractivity contribution in [2.45, 2.75) is 19.1 Å². The standard InChI is InChI=1S/C13H21N3O4/c1-13(18,8-17)7-15-6-9-3-4-11(20-2)10(5-9)12(14)16-19/h3-5,15,17-19H,6-8H2,1-2H3,(H2,14,16). The smallest absolute Gasteiger partial charge is 0.173 e. The Bertz CT molecular complexity index is 475. The number of rotatable bonds is 7. The Labute approximate surface area is 117 Å². The Morgan fingerprint density at radius 2 is 2.20 bits per heavy atom. The second kappa shape index (κ2) is 7.09. The average Bonchev–Trinajstić information content (AvgIpc) is 2.46. The lowest BCUT2D eigenvalue weighted by Crippen LogP contribution is -2.40. The summed E-state index contributed by atoms with van der Waals surface area (Å²) in [6.07, 6.45) is 0. The van der Waals surface area contributed by atoms with Gasteiger partial charge in [-0.3, -0.25) is 0 Å². The molecule has 0 radical (unpaired) electrons. The number of aliphatic hydroxyl groups is 2. The van der Waals surface area contributed by atoms with E-state index in [1.165, 1.54) is 14.0 Å². The second-order valence-corrected chi connectivity index (χ2v) is 4.78. The summed E-state index contributed by atoms with van der Waals surface area (Å²) in [6.45, 7) is 1.92. The summed E-state index contributed by atoms with van der Waals surface area (Å²) in [6, 6.07) is 5.27. The first-order valence-corrected chi connectivity index (χ1v) is 6.12. The van der Waals surface area contributed by atoms with Gasteiger partial charge in [0.2, 0.25) is 0 Å². The summed E-state index contributed by atoms with van der Waals surface area (Å²) in [5, 5.41) is 33.3. The number of hydrogen-bond acceptors (Lipinski definition) is 6. The fraction of sp³-hybridized carbons (Fsp3) is 0.462. The molecule has 20 heavy (non-hydrogen) atoms. The predicted octanol–water partition coefficient (Wildman–Crippen LogP) is -0.377. The van der Waals surface area contributed by atoms with Crippen molar-refractivity contribution in [1.29, 1.82) is 0 Å². The van der Waals surface area contributed by atoms with Crippen molar-refractivity contribution >= 4 is 5.84 Å². The van der Waals surface area contributed by atoms with Gasteiger partial charge in [-0.1, -0.05) is 11.2 Å². The third kappa shape index (κ3) is 4.37. The van der Waals surface area contributed by atoms with Crippen LogP contribution in [0.1, 0.15) is 18.1 Å². The molecule has 0 heterocycles. The van der Waals surface area contributed by atoms with E-state index >= 15 is 0 Å². The van der Waals surface area contributed by atoms with Crippen LogP contribution < -0.4 is 15.8 Å². The van der Waals surface area contributed by atoms with E-state index in [-0.39, 0.29) is 19.0 Å². The first-order valence-electron chi connectivity index (χ1n) is 6.12. The van der Waals surface area contributed by atoms with E-state index in [1.807, 2.05) is 6.07 Å². The molecule has 0 aliphatic carbocycles. The molecule has 0 aromatic heterocycles. The highest BCUT2D eigenvalue weighted by Gasteiger charge is 2.18. The molecule has 112 valence electrons. The molecule has 1 aromatic carbocycles. The monoisotopic (exact) mass is 283 g/mol. The molecule has 0 bridgehead atoms. The lowest BCUT2D eigenvalue weighted by Gasteiger charge is -2.20. The normalized spacial score (nSPS) is 14.9. The molecular formula is C13H21N3O4. The quantitative estimate of drug-likeness (QED) is 0.201. The van der Waals surface area contributed by atoms with E-state index in [9.17, 15) is 5.11 Å². The Morgan fingerprint density at radius 3 is 2.75 bits per heavy atom. The van der Waals surface area contributed by atoms with Crippen LogP contribution in [-0.4, -0.2) is 47.1 Å². The third-order valence-corrected chi connectivity index (χ3v) is 2.82. The fourth-order valence-corrected chi connectivity index (χ4v) is 1.65. The first-order chi connectivity index (χ1) is 9.43. The summed E-state index contributed by atoms with van der Waals surface area (Å²) in [5.74, 6) is 0.470. The molecule has 0 amide bonds. The van der Waals surface area contributed by atoms with Crippen molar-refractivity contribution in [3.05, 3.63) is 29.3 Å². The van der Waals surface area contributed by atoms with Crippen LogP contribution in [0.4, 0.5) is 0 Å². The highest BCUT2D eigenvalue weighted by Crippen LogP contribution is 2.19. The van der Waals surface area contributed by atoms with E-state index in [0.29, 0.717) is 17.9 Å². The van der Waals surface area contributed by atoms with Crippen LogP contribution in [0.3, 0.4) is 0 Å². The highest BCUT2D eigenvalue weighted by atomic mass is 16.5. The maximum Gasteiger partial charge on any atom is 0.173 e. The Kier molecular flexibility index (Phi) is 5.75. The van der Waals surface area contributed by atoms with E-state index < -0.39 is 5.60 Å². The lowest BCUT2D eigenvalue weighted by molar-refractivity contribution is 0.00254. The Balaban J connectivity index is 2.78. The number of hydrogen-bond donors (Lipinski definition) is 5. The molecule has 1 aromatic rings. The molecule has 0 spiro atoms. The fourth-order valence-electron chi connectivity index (χ4n) is 1.65. The third-order valence-electron chi connectivity index (χ3n) is 2.82. The van der Waals surface area contributed by atoms with Crippen LogP contribution in [0.2, 0.25) is 0 Å². The molecule has 1 atom stereocenters. The minimum Gasteiger partial charge on any atom is -0.496 e. The molecule has 7 heteroatoms. The van der Waals surface area contributed by atoms with E-state index in [4.69, 9.17) is 20.8 Å². The summed E-state index contributed by atoms with van der Waals surface area (Å²) in [5.41, 5.74) is 5.78. The van der Waals surface area contributed by atoms with Crippen LogP contribution >= 0.6 is 0 Å². The second-order valence-electron chi connectivity index (χ2n) is 4.78. The summed E-state index contributed by atoms with van der Waals surface area (Å²) < 4.78 is 5.13.